The van der Waals surface area contributed by atoms with Gasteiger partial charge in [-0.05, 0) is 31.5 Å². The Morgan fingerprint density at radius 3 is 2.56 bits per heavy atom. The van der Waals surface area contributed by atoms with E-state index in [4.69, 9.17) is 0 Å². The number of aryl methyl sites for hydroxylation is 2. The summed E-state index contributed by atoms with van der Waals surface area (Å²) in [6.07, 6.45) is 1.80. The van der Waals surface area contributed by atoms with Crippen molar-refractivity contribution in [2.75, 3.05) is 10.6 Å². The SMILES string of the molecule is Cc1cccc(CNc2cc(Nc3cccc4cccnc34)nc(C)n2)c1. The Bertz CT molecular complexity index is 1090. The molecule has 134 valence electrons. The number of pyridine rings is 1. The molecule has 27 heavy (non-hydrogen) atoms. The lowest BCUT2D eigenvalue weighted by atomic mass is 10.1. The Morgan fingerprint density at radius 1 is 0.852 bits per heavy atom. The lowest BCUT2D eigenvalue weighted by molar-refractivity contribution is 1.02. The molecule has 0 fully saturated rings. The Morgan fingerprint density at radius 2 is 1.67 bits per heavy atom. The molecule has 2 heterocycles. The van der Waals surface area contributed by atoms with Crippen LogP contribution in [0.1, 0.15) is 17.0 Å². The summed E-state index contributed by atoms with van der Waals surface area (Å²) in [6.45, 7) is 4.70. The van der Waals surface area contributed by atoms with Gasteiger partial charge in [0, 0.05) is 24.2 Å². The van der Waals surface area contributed by atoms with Crippen molar-refractivity contribution in [3.05, 3.63) is 83.8 Å². The fourth-order valence-electron chi connectivity index (χ4n) is 3.08. The summed E-state index contributed by atoms with van der Waals surface area (Å²) in [4.78, 5) is 13.5. The van der Waals surface area contributed by atoms with Crippen LogP contribution in [0.5, 0.6) is 0 Å². The largest absolute Gasteiger partial charge is 0.366 e. The summed E-state index contributed by atoms with van der Waals surface area (Å²) in [5, 5.41) is 7.86. The van der Waals surface area contributed by atoms with Crippen molar-refractivity contribution in [2.24, 2.45) is 0 Å². The molecule has 0 radical (unpaired) electrons. The van der Waals surface area contributed by atoms with Crippen molar-refractivity contribution in [1.29, 1.82) is 0 Å². The highest BCUT2D eigenvalue weighted by Crippen LogP contribution is 2.24. The highest BCUT2D eigenvalue weighted by Gasteiger charge is 2.06. The molecule has 5 heteroatoms. The lowest BCUT2D eigenvalue weighted by Crippen LogP contribution is -2.05. The van der Waals surface area contributed by atoms with Crippen molar-refractivity contribution in [3.8, 4) is 0 Å². The predicted octanol–water partition coefficient (Wildman–Crippen LogP) is 5.00. The molecular formula is C22H21N5. The first-order valence-corrected chi connectivity index (χ1v) is 8.93. The average molecular weight is 355 g/mol. The van der Waals surface area contributed by atoms with Gasteiger partial charge in [0.15, 0.2) is 0 Å². The third kappa shape index (κ3) is 4.03. The molecule has 2 N–H and O–H groups in total. The number of aromatic nitrogens is 3. The molecular weight excluding hydrogens is 334 g/mol. The van der Waals surface area contributed by atoms with Gasteiger partial charge in [0.1, 0.15) is 17.5 Å². The maximum absolute atomic E-state index is 4.52. The molecule has 2 aromatic carbocycles. The van der Waals surface area contributed by atoms with E-state index in [-0.39, 0.29) is 0 Å². The molecule has 0 saturated carbocycles. The standard InChI is InChI=1S/C22H21N5/c1-15-6-3-7-17(12-15)14-24-20-13-21(26-16(2)25-20)27-19-10-4-8-18-9-5-11-23-22(18)19/h3-13H,14H2,1-2H3,(H2,24,25,26,27). The number of rotatable bonds is 5. The third-order valence-corrected chi connectivity index (χ3v) is 4.29. The Hall–Kier alpha value is -3.47. The Balaban J connectivity index is 1.57. The summed E-state index contributed by atoms with van der Waals surface area (Å²) in [5.74, 6) is 2.24. The molecule has 5 nitrogen and oxygen atoms in total. The zero-order valence-corrected chi connectivity index (χ0v) is 15.4. The average Bonchev–Trinajstić information content (AvgIpc) is 2.66. The van der Waals surface area contributed by atoms with Gasteiger partial charge in [-0.2, -0.15) is 0 Å². The summed E-state index contributed by atoms with van der Waals surface area (Å²) in [6, 6.07) is 20.4. The zero-order chi connectivity index (χ0) is 18.6. The predicted molar refractivity (Wildman–Crippen MR) is 110 cm³/mol. The first-order chi connectivity index (χ1) is 13.2. The maximum atomic E-state index is 4.52. The van der Waals surface area contributed by atoms with Crippen LogP contribution in [-0.4, -0.2) is 15.0 Å². The van der Waals surface area contributed by atoms with Gasteiger partial charge in [-0.3, -0.25) is 4.98 Å². The molecule has 0 atom stereocenters. The number of benzene rings is 2. The normalized spacial score (nSPS) is 10.7. The first-order valence-electron chi connectivity index (χ1n) is 8.93. The second-order valence-corrected chi connectivity index (χ2v) is 6.53. The van der Waals surface area contributed by atoms with Crippen LogP contribution < -0.4 is 10.6 Å². The quantitative estimate of drug-likeness (QED) is 0.528. The van der Waals surface area contributed by atoms with Gasteiger partial charge in [0.05, 0.1) is 11.2 Å². The van der Waals surface area contributed by atoms with E-state index in [1.54, 1.807) is 6.20 Å². The van der Waals surface area contributed by atoms with Crippen LogP contribution in [0.15, 0.2) is 66.9 Å². The first kappa shape index (κ1) is 17.0. The van der Waals surface area contributed by atoms with Crippen LogP contribution >= 0.6 is 0 Å². The highest BCUT2D eigenvalue weighted by atomic mass is 15.1. The topological polar surface area (TPSA) is 62.7 Å². The van der Waals surface area contributed by atoms with Crippen molar-refractivity contribution in [3.63, 3.8) is 0 Å². The van der Waals surface area contributed by atoms with Crippen LogP contribution in [0, 0.1) is 13.8 Å². The van der Waals surface area contributed by atoms with E-state index in [1.807, 2.05) is 43.3 Å². The Kier molecular flexibility index (Phi) is 4.66. The van der Waals surface area contributed by atoms with Crippen LogP contribution in [0.2, 0.25) is 0 Å². The van der Waals surface area contributed by atoms with Crippen LogP contribution in [0.3, 0.4) is 0 Å². The van der Waals surface area contributed by atoms with Gasteiger partial charge >= 0.3 is 0 Å². The summed E-state index contributed by atoms with van der Waals surface area (Å²) >= 11 is 0. The molecule has 0 amide bonds. The summed E-state index contributed by atoms with van der Waals surface area (Å²) in [5.41, 5.74) is 4.32. The molecule has 4 rings (SSSR count). The molecule has 0 aliphatic heterocycles. The summed E-state index contributed by atoms with van der Waals surface area (Å²) in [7, 11) is 0. The van der Waals surface area contributed by atoms with E-state index in [0.29, 0.717) is 12.4 Å². The van der Waals surface area contributed by atoms with E-state index >= 15 is 0 Å². The number of anilines is 3. The second-order valence-electron chi connectivity index (χ2n) is 6.53. The smallest absolute Gasteiger partial charge is 0.136 e. The van der Waals surface area contributed by atoms with Gasteiger partial charge in [-0.25, -0.2) is 9.97 Å². The van der Waals surface area contributed by atoms with E-state index < -0.39 is 0 Å². The number of nitrogens with one attached hydrogen (secondary N) is 2. The van der Waals surface area contributed by atoms with Crippen LogP contribution in [0.4, 0.5) is 17.3 Å². The minimum absolute atomic E-state index is 0.708. The highest BCUT2D eigenvalue weighted by molar-refractivity contribution is 5.91. The molecule has 0 aliphatic carbocycles. The molecule has 0 spiro atoms. The molecule has 0 saturated heterocycles. The molecule has 2 aromatic heterocycles. The fraction of sp³-hybridized carbons (Fsp3) is 0.136. The molecule has 0 aliphatic rings. The van der Waals surface area contributed by atoms with Crippen molar-refractivity contribution >= 4 is 28.2 Å². The van der Waals surface area contributed by atoms with E-state index in [9.17, 15) is 0 Å². The number of nitrogens with zero attached hydrogens (tertiary/aromatic N) is 3. The van der Waals surface area contributed by atoms with Crippen molar-refractivity contribution in [2.45, 2.75) is 20.4 Å². The Labute approximate surface area is 158 Å². The molecule has 0 bridgehead atoms. The third-order valence-electron chi connectivity index (χ3n) is 4.29. The number of hydrogen-bond acceptors (Lipinski definition) is 5. The van der Waals surface area contributed by atoms with E-state index in [2.05, 4.69) is 56.8 Å². The monoisotopic (exact) mass is 355 g/mol. The summed E-state index contributed by atoms with van der Waals surface area (Å²) < 4.78 is 0. The zero-order valence-electron chi connectivity index (χ0n) is 15.4. The minimum atomic E-state index is 0.708. The lowest BCUT2D eigenvalue weighted by Gasteiger charge is -2.12. The number of para-hydroxylation sites is 1. The van der Waals surface area contributed by atoms with Crippen LogP contribution in [0.25, 0.3) is 10.9 Å². The fourth-order valence-corrected chi connectivity index (χ4v) is 3.08. The van der Waals surface area contributed by atoms with Gasteiger partial charge in [0.25, 0.3) is 0 Å². The minimum Gasteiger partial charge on any atom is -0.366 e. The maximum Gasteiger partial charge on any atom is 0.136 e. The van der Waals surface area contributed by atoms with Gasteiger partial charge in [-0.1, -0.05) is 48.0 Å². The molecule has 0 unspecified atom stereocenters. The molecule has 4 aromatic rings. The van der Waals surface area contributed by atoms with Gasteiger partial charge < -0.3 is 10.6 Å². The van der Waals surface area contributed by atoms with Crippen molar-refractivity contribution in [1.82, 2.24) is 15.0 Å². The van der Waals surface area contributed by atoms with Crippen LogP contribution in [-0.2, 0) is 6.54 Å². The van der Waals surface area contributed by atoms with Gasteiger partial charge in [0.2, 0.25) is 0 Å². The second kappa shape index (κ2) is 7.41. The number of hydrogen-bond donors (Lipinski definition) is 2. The van der Waals surface area contributed by atoms with E-state index in [1.165, 1.54) is 11.1 Å². The van der Waals surface area contributed by atoms with Gasteiger partial charge in [-0.15, -0.1) is 0 Å². The van der Waals surface area contributed by atoms with Crippen molar-refractivity contribution < 1.29 is 0 Å². The van der Waals surface area contributed by atoms with E-state index in [0.717, 1.165) is 28.2 Å². The number of fused-ring (bicyclic) bond motifs is 1.